The van der Waals surface area contributed by atoms with Crippen molar-refractivity contribution in [3.8, 4) is 5.75 Å². The molecule has 3 heteroatoms. The van der Waals surface area contributed by atoms with Crippen LogP contribution in [0.25, 0.3) is 0 Å². The minimum absolute atomic E-state index is 0.0881. The van der Waals surface area contributed by atoms with Gasteiger partial charge >= 0.3 is 5.97 Å². The molecular weight excluding hydrogens is 216 g/mol. The molecule has 0 radical (unpaired) electrons. The van der Waals surface area contributed by atoms with Crippen molar-refractivity contribution >= 4 is 5.97 Å². The van der Waals surface area contributed by atoms with Crippen LogP contribution in [0.3, 0.4) is 0 Å². The Hall–Kier alpha value is -1.51. The number of ether oxygens (including phenoxy) is 1. The zero-order valence-electron chi connectivity index (χ0n) is 9.89. The summed E-state index contributed by atoms with van der Waals surface area (Å²) >= 11 is 0. The fourth-order valence-electron chi connectivity index (χ4n) is 1.88. The second-order valence-corrected chi connectivity index (χ2v) is 4.57. The topological polar surface area (TPSA) is 46.5 Å². The van der Waals surface area contributed by atoms with Crippen LogP contribution in [0.1, 0.15) is 37.7 Å². The van der Waals surface area contributed by atoms with Gasteiger partial charge in [-0.15, -0.1) is 0 Å². The van der Waals surface area contributed by atoms with E-state index in [1.165, 1.54) is 6.42 Å². The van der Waals surface area contributed by atoms with Gasteiger partial charge in [0.05, 0.1) is 0 Å². The number of carbonyl (C=O) groups excluding carboxylic acids is 1. The highest BCUT2D eigenvalue weighted by Crippen LogP contribution is 2.22. The maximum atomic E-state index is 11.4. The summed E-state index contributed by atoms with van der Waals surface area (Å²) in [6.07, 6.45) is 5.45. The highest BCUT2D eigenvalue weighted by atomic mass is 16.5. The largest absolute Gasteiger partial charge is 0.508 e. The Morgan fingerprint density at radius 2 is 2.24 bits per heavy atom. The smallest absolute Gasteiger partial charge is 0.306 e. The molecule has 1 aliphatic carbocycles. The second-order valence-electron chi connectivity index (χ2n) is 4.57. The zero-order chi connectivity index (χ0) is 12.1. The van der Waals surface area contributed by atoms with Crippen molar-refractivity contribution in [3.05, 3.63) is 29.8 Å². The number of benzene rings is 1. The molecule has 17 heavy (non-hydrogen) atoms. The number of phenolic OH excluding ortho intramolecular Hbond substituents is 1. The van der Waals surface area contributed by atoms with Crippen molar-refractivity contribution in [2.24, 2.45) is 0 Å². The molecule has 1 aromatic rings. The van der Waals surface area contributed by atoms with E-state index < -0.39 is 0 Å². The van der Waals surface area contributed by atoms with E-state index >= 15 is 0 Å². The molecule has 0 aromatic heterocycles. The normalized spacial score (nSPS) is 15.3. The summed E-state index contributed by atoms with van der Waals surface area (Å²) in [5.74, 6) is 0.189. The number of phenols is 1. The molecule has 1 aromatic carbocycles. The van der Waals surface area contributed by atoms with Crippen LogP contribution in [0.5, 0.6) is 5.75 Å². The van der Waals surface area contributed by atoms with Crippen LogP contribution in [0.2, 0.25) is 0 Å². The van der Waals surface area contributed by atoms with Crippen molar-refractivity contribution in [3.63, 3.8) is 0 Å². The minimum Gasteiger partial charge on any atom is -0.508 e. The van der Waals surface area contributed by atoms with Gasteiger partial charge in [0.15, 0.2) is 0 Å². The van der Waals surface area contributed by atoms with Crippen molar-refractivity contribution in [1.29, 1.82) is 0 Å². The van der Waals surface area contributed by atoms with Crippen LogP contribution in [0.15, 0.2) is 24.3 Å². The standard InChI is InChI=1S/C14H18O3/c15-12-6-1-4-11(10-12)5-2-9-14(16)17-13-7-3-8-13/h1,4,6,10,13,15H,2-3,5,7-9H2. The van der Waals surface area contributed by atoms with Gasteiger partial charge in [-0.05, 0) is 49.8 Å². The fraction of sp³-hybridized carbons (Fsp3) is 0.500. The van der Waals surface area contributed by atoms with Gasteiger partial charge in [-0.25, -0.2) is 0 Å². The van der Waals surface area contributed by atoms with Crippen LogP contribution in [-0.4, -0.2) is 17.2 Å². The highest BCUT2D eigenvalue weighted by Gasteiger charge is 2.21. The Balaban J connectivity index is 1.66. The monoisotopic (exact) mass is 234 g/mol. The third-order valence-electron chi connectivity index (χ3n) is 3.11. The summed E-state index contributed by atoms with van der Waals surface area (Å²) < 4.78 is 5.26. The predicted octanol–water partition coefficient (Wildman–Crippen LogP) is 2.81. The third-order valence-corrected chi connectivity index (χ3v) is 3.11. The first kappa shape index (κ1) is 12.0. The number of rotatable bonds is 5. The van der Waals surface area contributed by atoms with Crippen molar-refractivity contribution < 1.29 is 14.6 Å². The van der Waals surface area contributed by atoms with Gasteiger partial charge in [0, 0.05) is 6.42 Å². The van der Waals surface area contributed by atoms with Crippen LogP contribution in [0, 0.1) is 0 Å². The first-order chi connectivity index (χ1) is 8.24. The molecule has 0 heterocycles. The van der Waals surface area contributed by atoms with Gasteiger partial charge < -0.3 is 9.84 Å². The van der Waals surface area contributed by atoms with Crippen LogP contribution in [0.4, 0.5) is 0 Å². The molecule has 1 N–H and O–H groups in total. The van der Waals surface area contributed by atoms with Gasteiger partial charge in [-0.1, -0.05) is 12.1 Å². The molecule has 0 spiro atoms. The van der Waals surface area contributed by atoms with Gasteiger partial charge in [0.1, 0.15) is 11.9 Å². The number of hydrogen-bond acceptors (Lipinski definition) is 3. The molecule has 0 bridgehead atoms. The summed E-state index contributed by atoms with van der Waals surface area (Å²) in [4.78, 5) is 11.4. The van der Waals surface area contributed by atoms with E-state index in [0.29, 0.717) is 6.42 Å². The van der Waals surface area contributed by atoms with Crippen LogP contribution in [-0.2, 0) is 16.0 Å². The molecule has 3 nitrogen and oxygen atoms in total. The third kappa shape index (κ3) is 3.77. The van der Waals surface area contributed by atoms with Gasteiger partial charge in [-0.2, -0.15) is 0 Å². The molecule has 0 saturated heterocycles. The molecule has 92 valence electrons. The highest BCUT2D eigenvalue weighted by molar-refractivity contribution is 5.69. The molecular formula is C14H18O3. The maximum absolute atomic E-state index is 11.4. The summed E-state index contributed by atoms with van der Waals surface area (Å²) in [6.45, 7) is 0. The van der Waals surface area contributed by atoms with E-state index in [9.17, 15) is 9.90 Å². The Bertz CT molecular complexity index is 383. The maximum Gasteiger partial charge on any atom is 0.306 e. The molecule has 0 amide bonds. The van der Waals surface area contributed by atoms with Crippen molar-refractivity contribution in [2.45, 2.75) is 44.6 Å². The first-order valence-electron chi connectivity index (χ1n) is 6.21. The van der Waals surface area contributed by atoms with Gasteiger partial charge in [0.2, 0.25) is 0 Å². The van der Waals surface area contributed by atoms with E-state index in [-0.39, 0.29) is 17.8 Å². The summed E-state index contributed by atoms with van der Waals surface area (Å²) in [5, 5.41) is 9.29. The van der Waals surface area contributed by atoms with Gasteiger partial charge in [0.25, 0.3) is 0 Å². The van der Waals surface area contributed by atoms with E-state index in [4.69, 9.17) is 4.74 Å². The molecule has 1 aliphatic rings. The van der Waals surface area contributed by atoms with E-state index in [1.807, 2.05) is 12.1 Å². The number of aryl methyl sites for hydroxylation is 1. The van der Waals surface area contributed by atoms with E-state index in [0.717, 1.165) is 31.2 Å². The molecule has 1 fully saturated rings. The Labute approximate surface area is 101 Å². The minimum atomic E-state index is -0.0881. The summed E-state index contributed by atoms with van der Waals surface area (Å²) in [5.41, 5.74) is 1.06. The quantitative estimate of drug-likeness (QED) is 0.797. The number of hydrogen-bond donors (Lipinski definition) is 1. The molecule has 0 unspecified atom stereocenters. The lowest BCUT2D eigenvalue weighted by Crippen LogP contribution is -2.24. The molecule has 0 atom stereocenters. The predicted molar refractivity (Wildman–Crippen MR) is 64.8 cm³/mol. The van der Waals surface area contributed by atoms with Crippen LogP contribution < -0.4 is 0 Å². The Morgan fingerprint density at radius 1 is 1.41 bits per heavy atom. The van der Waals surface area contributed by atoms with E-state index in [1.54, 1.807) is 12.1 Å². The lowest BCUT2D eigenvalue weighted by atomic mass is 9.96. The van der Waals surface area contributed by atoms with E-state index in [2.05, 4.69) is 0 Å². The molecule has 1 saturated carbocycles. The number of esters is 1. The number of carbonyl (C=O) groups is 1. The van der Waals surface area contributed by atoms with Crippen molar-refractivity contribution in [2.75, 3.05) is 0 Å². The average Bonchev–Trinajstić information content (AvgIpc) is 2.24. The second kappa shape index (κ2) is 5.71. The number of aromatic hydroxyl groups is 1. The molecule has 0 aliphatic heterocycles. The lowest BCUT2D eigenvalue weighted by molar-refractivity contribution is -0.153. The average molecular weight is 234 g/mol. The SMILES string of the molecule is O=C(CCCc1cccc(O)c1)OC1CCC1. The first-order valence-corrected chi connectivity index (χ1v) is 6.21. The Morgan fingerprint density at radius 3 is 2.88 bits per heavy atom. The Kier molecular flexibility index (Phi) is 4.02. The fourth-order valence-corrected chi connectivity index (χ4v) is 1.88. The zero-order valence-corrected chi connectivity index (χ0v) is 9.89. The van der Waals surface area contributed by atoms with Crippen molar-refractivity contribution in [1.82, 2.24) is 0 Å². The molecule has 2 rings (SSSR count). The van der Waals surface area contributed by atoms with Gasteiger partial charge in [-0.3, -0.25) is 4.79 Å². The summed E-state index contributed by atoms with van der Waals surface area (Å²) in [6, 6.07) is 7.15. The lowest BCUT2D eigenvalue weighted by Gasteiger charge is -2.25. The summed E-state index contributed by atoms with van der Waals surface area (Å²) in [7, 11) is 0. The van der Waals surface area contributed by atoms with Crippen LogP contribution >= 0.6 is 0 Å².